The standard InChI is InChI=1S/C13H16N2O2/c1-16-6-7-17-15-9-11-2-3-13-10-14-5-4-12(13)8-11/h2-5,8,10,15H,6-7,9H2,1H3. The zero-order valence-electron chi connectivity index (χ0n) is 9.85. The Morgan fingerprint density at radius 1 is 1.18 bits per heavy atom. The second-order valence-electron chi connectivity index (χ2n) is 3.72. The van der Waals surface area contributed by atoms with E-state index in [1.54, 1.807) is 13.3 Å². The molecule has 1 aromatic carbocycles. The Hall–Kier alpha value is -1.49. The molecule has 0 bridgehead atoms. The maximum Gasteiger partial charge on any atom is 0.0916 e. The first-order valence-electron chi connectivity index (χ1n) is 5.56. The van der Waals surface area contributed by atoms with Crippen LogP contribution in [0.2, 0.25) is 0 Å². The number of pyridine rings is 1. The summed E-state index contributed by atoms with van der Waals surface area (Å²) in [6.07, 6.45) is 3.66. The number of rotatable bonds is 6. The van der Waals surface area contributed by atoms with Crippen LogP contribution < -0.4 is 5.48 Å². The highest BCUT2D eigenvalue weighted by Crippen LogP contribution is 2.14. The van der Waals surface area contributed by atoms with Crippen molar-refractivity contribution >= 4 is 10.8 Å². The van der Waals surface area contributed by atoms with Gasteiger partial charge < -0.3 is 4.74 Å². The van der Waals surface area contributed by atoms with E-state index in [0.717, 1.165) is 5.39 Å². The summed E-state index contributed by atoms with van der Waals surface area (Å²) in [6.45, 7) is 1.83. The third-order valence-corrected chi connectivity index (χ3v) is 2.47. The van der Waals surface area contributed by atoms with Gasteiger partial charge in [0.1, 0.15) is 0 Å². The summed E-state index contributed by atoms with van der Waals surface area (Å²) in [6, 6.07) is 8.26. The minimum atomic E-state index is 0.550. The van der Waals surface area contributed by atoms with Crippen molar-refractivity contribution in [3.05, 3.63) is 42.2 Å². The molecule has 90 valence electrons. The SMILES string of the molecule is COCCONCc1ccc2cnccc2c1. The fraction of sp³-hybridized carbons (Fsp3) is 0.308. The van der Waals surface area contributed by atoms with Crippen LogP contribution in [0.25, 0.3) is 10.8 Å². The van der Waals surface area contributed by atoms with Crippen LogP contribution in [-0.4, -0.2) is 25.3 Å². The molecule has 0 spiro atoms. The number of hydroxylamine groups is 1. The predicted octanol–water partition coefficient (Wildman–Crippen LogP) is 1.90. The summed E-state index contributed by atoms with van der Waals surface area (Å²) >= 11 is 0. The van der Waals surface area contributed by atoms with Crippen LogP contribution in [0.15, 0.2) is 36.7 Å². The number of nitrogens with zero attached hydrogens (tertiary/aromatic N) is 1. The van der Waals surface area contributed by atoms with Crippen LogP contribution in [0.5, 0.6) is 0 Å². The molecule has 0 unspecified atom stereocenters. The van der Waals surface area contributed by atoms with Crippen molar-refractivity contribution in [2.24, 2.45) is 0 Å². The molecule has 2 aromatic rings. The largest absolute Gasteiger partial charge is 0.382 e. The van der Waals surface area contributed by atoms with Crippen molar-refractivity contribution < 1.29 is 9.57 Å². The smallest absolute Gasteiger partial charge is 0.0916 e. The number of ether oxygens (including phenoxy) is 1. The van der Waals surface area contributed by atoms with Crippen molar-refractivity contribution in [2.75, 3.05) is 20.3 Å². The lowest BCUT2D eigenvalue weighted by atomic mass is 10.1. The quantitative estimate of drug-likeness (QED) is 0.610. The second kappa shape index (κ2) is 6.30. The molecule has 1 aromatic heterocycles. The first-order valence-corrected chi connectivity index (χ1v) is 5.56. The fourth-order valence-electron chi connectivity index (χ4n) is 1.57. The lowest BCUT2D eigenvalue weighted by Crippen LogP contribution is -2.17. The molecule has 0 saturated carbocycles. The van der Waals surface area contributed by atoms with Gasteiger partial charge in [-0.05, 0) is 23.1 Å². The van der Waals surface area contributed by atoms with Gasteiger partial charge in [0, 0.05) is 31.4 Å². The van der Waals surface area contributed by atoms with Gasteiger partial charge in [0.05, 0.1) is 13.2 Å². The van der Waals surface area contributed by atoms with E-state index in [2.05, 4.69) is 28.7 Å². The van der Waals surface area contributed by atoms with Gasteiger partial charge in [0.15, 0.2) is 0 Å². The van der Waals surface area contributed by atoms with E-state index in [1.165, 1.54) is 10.9 Å². The Kier molecular flexibility index (Phi) is 4.44. The highest BCUT2D eigenvalue weighted by atomic mass is 16.7. The minimum Gasteiger partial charge on any atom is -0.382 e. The highest BCUT2D eigenvalue weighted by Gasteiger charge is 1.96. The molecule has 4 heteroatoms. The van der Waals surface area contributed by atoms with Crippen LogP contribution in [0, 0.1) is 0 Å². The summed E-state index contributed by atoms with van der Waals surface area (Å²) in [4.78, 5) is 9.29. The van der Waals surface area contributed by atoms with E-state index >= 15 is 0 Å². The molecule has 0 aliphatic heterocycles. The molecule has 0 atom stereocenters. The van der Waals surface area contributed by atoms with Crippen LogP contribution >= 0.6 is 0 Å². The fourth-order valence-corrected chi connectivity index (χ4v) is 1.57. The first-order chi connectivity index (χ1) is 8.40. The molecule has 0 aliphatic rings. The summed E-state index contributed by atoms with van der Waals surface area (Å²) in [5.74, 6) is 0. The van der Waals surface area contributed by atoms with Gasteiger partial charge in [0.2, 0.25) is 0 Å². The molecule has 1 N–H and O–H groups in total. The van der Waals surface area contributed by atoms with E-state index in [1.807, 2.05) is 12.3 Å². The van der Waals surface area contributed by atoms with E-state index < -0.39 is 0 Å². The number of fused-ring (bicyclic) bond motifs is 1. The van der Waals surface area contributed by atoms with E-state index in [0.29, 0.717) is 19.8 Å². The molecular formula is C13H16N2O2. The summed E-state index contributed by atoms with van der Waals surface area (Å²) in [7, 11) is 1.65. The maximum absolute atomic E-state index is 5.20. The van der Waals surface area contributed by atoms with Gasteiger partial charge in [-0.15, -0.1) is 0 Å². The lowest BCUT2D eigenvalue weighted by Gasteiger charge is -2.06. The average Bonchev–Trinajstić information content (AvgIpc) is 2.38. The van der Waals surface area contributed by atoms with E-state index in [-0.39, 0.29) is 0 Å². The monoisotopic (exact) mass is 232 g/mol. The second-order valence-corrected chi connectivity index (χ2v) is 3.72. The first kappa shape index (κ1) is 12.0. The molecule has 0 fully saturated rings. The molecule has 4 nitrogen and oxygen atoms in total. The molecule has 0 saturated heterocycles. The molecule has 1 heterocycles. The Bertz CT molecular complexity index is 474. The van der Waals surface area contributed by atoms with Crippen molar-refractivity contribution in [3.8, 4) is 0 Å². The zero-order valence-corrected chi connectivity index (χ0v) is 9.85. The lowest BCUT2D eigenvalue weighted by molar-refractivity contribution is 0.00348. The van der Waals surface area contributed by atoms with Crippen LogP contribution in [0.3, 0.4) is 0 Å². The molecular weight excluding hydrogens is 216 g/mol. The van der Waals surface area contributed by atoms with E-state index in [9.17, 15) is 0 Å². The maximum atomic E-state index is 5.20. The van der Waals surface area contributed by atoms with Crippen LogP contribution in [0.4, 0.5) is 0 Å². The number of aromatic nitrogens is 1. The van der Waals surface area contributed by atoms with Crippen molar-refractivity contribution in [1.29, 1.82) is 0 Å². The third kappa shape index (κ3) is 3.49. The highest BCUT2D eigenvalue weighted by molar-refractivity contribution is 5.81. The third-order valence-electron chi connectivity index (χ3n) is 2.47. The Morgan fingerprint density at radius 3 is 3.00 bits per heavy atom. The number of hydrogen-bond acceptors (Lipinski definition) is 4. The van der Waals surface area contributed by atoms with Crippen LogP contribution in [0.1, 0.15) is 5.56 Å². The number of nitrogens with one attached hydrogen (secondary N) is 1. The Morgan fingerprint density at radius 2 is 2.12 bits per heavy atom. The van der Waals surface area contributed by atoms with Crippen molar-refractivity contribution in [3.63, 3.8) is 0 Å². The van der Waals surface area contributed by atoms with Gasteiger partial charge >= 0.3 is 0 Å². The summed E-state index contributed by atoms with van der Waals surface area (Å²) in [5, 5.41) is 2.34. The molecule has 0 amide bonds. The van der Waals surface area contributed by atoms with E-state index in [4.69, 9.17) is 9.57 Å². The number of hydrogen-bond donors (Lipinski definition) is 1. The van der Waals surface area contributed by atoms with Crippen molar-refractivity contribution in [2.45, 2.75) is 6.54 Å². The Balaban J connectivity index is 1.90. The number of methoxy groups -OCH3 is 1. The summed E-state index contributed by atoms with van der Waals surface area (Å²) < 4.78 is 4.88. The van der Waals surface area contributed by atoms with Gasteiger partial charge in [0.25, 0.3) is 0 Å². The Labute approximate surface area is 101 Å². The van der Waals surface area contributed by atoms with Gasteiger partial charge in [-0.1, -0.05) is 12.1 Å². The van der Waals surface area contributed by atoms with Gasteiger partial charge in [-0.3, -0.25) is 9.82 Å². The number of benzene rings is 1. The molecule has 2 rings (SSSR count). The molecule has 0 radical (unpaired) electrons. The predicted molar refractivity (Wildman–Crippen MR) is 66.4 cm³/mol. The topological polar surface area (TPSA) is 43.4 Å². The van der Waals surface area contributed by atoms with Crippen LogP contribution in [-0.2, 0) is 16.1 Å². The normalized spacial score (nSPS) is 10.9. The van der Waals surface area contributed by atoms with Gasteiger partial charge in [-0.25, -0.2) is 0 Å². The van der Waals surface area contributed by atoms with Crippen molar-refractivity contribution in [1.82, 2.24) is 10.5 Å². The molecule has 17 heavy (non-hydrogen) atoms. The molecule has 0 aliphatic carbocycles. The summed E-state index contributed by atoms with van der Waals surface area (Å²) in [5.41, 5.74) is 4.09. The van der Waals surface area contributed by atoms with Gasteiger partial charge in [-0.2, -0.15) is 5.48 Å². The zero-order chi connectivity index (χ0) is 11.9. The minimum absolute atomic E-state index is 0.550. The average molecular weight is 232 g/mol.